The number of halogens is 3. The van der Waals surface area contributed by atoms with E-state index in [9.17, 15) is 9.83 Å². The molecule has 0 amide bonds. The average Bonchev–Trinajstić information content (AvgIpc) is 3.06. The lowest BCUT2D eigenvalue weighted by Gasteiger charge is -2.28. The van der Waals surface area contributed by atoms with Gasteiger partial charge in [-0.15, -0.1) is 0 Å². The van der Waals surface area contributed by atoms with Crippen molar-refractivity contribution in [3.63, 3.8) is 0 Å². The van der Waals surface area contributed by atoms with Crippen LogP contribution >= 0.6 is 55.6 Å². The summed E-state index contributed by atoms with van der Waals surface area (Å²) in [7, 11) is -3.67. The number of nitriles is 1. The van der Waals surface area contributed by atoms with Crippen LogP contribution in [0.4, 0.5) is 0 Å². The smallest absolute Gasteiger partial charge is 0.457 e. The van der Waals surface area contributed by atoms with E-state index in [4.69, 9.17) is 18.3 Å². The highest BCUT2D eigenvalue weighted by Gasteiger charge is 2.68. The van der Waals surface area contributed by atoms with E-state index in [2.05, 4.69) is 67.7 Å². The van der Waals surface area contributed by atoms with Crippen molar-refractivity contribution in [3.05, 3.63) is 60.2 Å². The summed E-state index contributed by atoms with van der Waals surface area (Å²) in [6.45, 7) is 4.60. The number of phosphoric ester groups is 1. The van der Waals surface area contributed by atoms with Gasteiger partial charge in [0, 0.05) is 0 Å². The van der Waals surface area contributed by atoms with Crippen molar-refractivity contribution < 1.29 is 22.9 Å². The Morgan fingerprint density at radius 3 is 2.30 bits per heavy atom. The van der Waals surface area contributed by atoms with Gasteiger partial charge in [-0.25, -0.2) is 4.57 Å². The van der Waals surface area contributed by atoms with Crippen LogP contribution in [-0.4, -0.2) is 21.5 Å². The second kappa shape index (κ2) is 9.73. The number of hydrogen-bond donors (Lipinski definition) is 0. The Morgan fingerprint density at radius 1 is 1.06 bits per heavy atom. The Bertz CT molecular complexity index is 1080. The lowest BCUT2D eigenvalue weighted by Crippen LogP contribution is -2.31. The zero-order valence-electron chi connectivity index (χ0n) is 18.0. The molecule has 2 aromatic carbocycles. The standard InChI is InChI=1S/C23H23Br3NO5P/c1-22(2)19(20(22)21(23(24,25)26)32-33(28)29-11-12-30-33)18(14-27)15-7-6-10-17(13-15)31-16-8-4-3-5-9-16/h3-10,13,18-21H,11-12H2,1-2H3/t18-,19+,20-,21-/m1/s1. The normalized spacial score (nSPS) is 25.1. The van der Waals surface area contributed by atoms with Crippen LogP contribution in [0.2, 0.25) is 0 Å². The topological polar surface area (TPSA) is 77.8 Å². The molecular formula is C23H23Br3NO5P. The molecule has 33 heavy (non-hydrogen) atoms. The molecule has 6 nitrogen and oxygen atoms in total. The Hall–Kier alpha value is -0.720. The molecule has 2 aliphatic rings. The molecular weight excluding hydrogens is 641 g/mol. The lowest BCUT2D eigenvalue weighted by molar-refractivity contribution is 0.112. The Kier molecular flexibility index (Phi) is 7.49. The van der Waals surface area contributed by atoms with Gasteiger partial charge in [-0.3, -0.25) is 13.6 Å². The van der Waals surface area contributed by atoms with Gasteiger partial charge < -0.3 is 4.74 Å². The quantitative estimate of drug-likeness (QED) is 0.223. The maximum atomic E-state index is 12.8. The molecule has 4 atom stereocenters. The molecule has 1 heterocycles. The van der Waals surface area contributed by atoms with E-state index in [1.165, 1.54) is 0 Å². The molecule has 1 saturated heterocycles. The number of nitrogens with zero attached hydrogens (tertiary/aromatic N) is 1. The van der Waals surface area contributed by atoms with Crippen LogP contribution in [0.1, 0.15) is 25.3 Å². The molecule has 1 aliphatic carbocycles. The van der Waals surface area contributed by atoms with Gasteiger partial charge in [-0.2, -0.15) is 5.26 Å². The fourth-order valence-electron chi connectivity index (χ4n) is 4.56. The fraction of sp³-hybridized carbons (Fsp3) is 0.435. The summed E-state index contributed by atoms with van der Waals surface area (Å²) >= 11 is 10.6. The zero-order chi connectivity index (χ0) is 23.9. The molecule has 0 bridgehead atoms. The first-order chi connectivity index (χ1) is 15.5. The average molecular weight is 664 g/mol. The molecule has 0 spiro atoms. The summed E-state index contributed by atoms with van der Waals surface area (Å²) in [6.07, 6.45) is -0.638. The highest BCUT2D eigenvalue weighted by molar-refractivity contribution is 9.39. The van der Waals surface area contributed by atoms with Gasteiger partial charge in [-0.05, 0) is 47.1 Å². The van der Waals surface area contributed by atoms with Crippen molar-refractivity contribution in [2.45, 2.75) is 28.0 Å². The van der Waals surface area contributed by atoms with Gasteiger partial charge in [0.25, 0.3) is 0 Å². The molecule has 0 radical (unpaired) electrons. The summed E-state index contributed by atoms with van der Waals surface area (Å²) in [5, 5.41) is 10.2. The second-order valence-electron chi connectivity index (χ2n) is 8.65. The number of alkyl halides is 3. The van der Waals surface area contributed by atoms with E-state index in [1.807, 2.05) is 54.6 Å². The van der Waals surface area contributed by atoms with Crippen molar-refractivity contribution in [3.8, 4) is 17.6 Å². The number of benzene rings is 2. The van der Waals surface area contributed by atoms with Gasteiger partial charge in [0.2, 0.25) is 0 Å². The summed E-state index contributed by atoms with van der Waals surface area (Å²) in [6, 6.07) is 19.6. The first kappa shape index (κ1) is 25.4. The molecule has 1 aliphatic heterocycles. The molecule has 0 unspecified atom stereocenters. The molecule has 0 aromatic heterocycles. The highest BCUT2D eigenvalue weighted by atomic mass is 80.0. The molecule has 4 rings (SSSR count). The fourth-order valence-corrected chi connectivity index (χ4v) is 7.48. The van der Waals surface area contributed by atoms with Gasteiger partial charge in [0.15, 0.2) is 2.14 Å². The summed E-state index contributed by atoms with van der Waals surface area (Å²) in [5.41, 5.74) is 0.579. The van der Waals surface area contributed by atoms with Crippen molar-refractivity contribution in [2.75, 3.05) is 13.2 Å². The molecule has 176 valence electrons. The van der Waals surface area contributed by atoms with Crippen LogP contribution < -0.4 is 4.74 Å². The van der Waals surface area contributed by atoms with Crippen molar-refractivity contribution in [1.29, 1.82) is 5.26 Å². The van der Waals surface area contributed by atoms with E-state index in [-0.39, 0.29) is 30.5 Å². The third kappa shape index (κ3) is 5.59. The van der Waals surface area contributed by atoms with E-state index in [0.29, 0.717) is 5.75 Å². The minimum atomic E-state index is -3.67. The minimum absolute atomic E-state index is 0.0688. The van der Waals surface area contributed by atoms with Crippen molar-refractivity contribution in [2.24, 2.45) is 17.3 Å². The first-order valence-corrected chi connectivity index (χ1v) is 14.3. The number of rotatable bonds is 7. The Labute approximate surface area is 218 Å². The first-order valence-electron chi connectivity index (χ1n) is 10.4. The summed E-state index contributed by atoms with van der Waals surface area (Å²) in [5.74, 6) is 0.773. The molecule has 1 saturated carbocycles. The molecule has 0 N–H and O–H groups in total. The van der Waals surface area contributed by atoms with Gasteiger partial charge in [0.1, 0.15) is 17.6 Å². The minimum Gasteiger partial charge on any atom is -0.457 e. The van der Waals surface area contributed by atoms with Crippen LogP contribution in [0.5, 0.6) is 11.5 Å². The van der Waals surface area contributed by atoms with Crippen LogP contribution in [-0.2, 0) is 18.1 Å². The van der Waals surface area contributed by atoms with E-state index in [0.717, 1.165) is 11.3 Å². The largest absolute Gasteiger partial charge is 0.475 e. The number of ether oxygens (including phenoxy) is 1. The third-order valence-corrected chi connectivity index (χ3v) is 9.00. The predicted octanol–water partition coefficient (Wildman–Crippen LogP) is 7.74. The van der Waals surface area contributed by atoms with Gasteiger partial charge in [0.05, 0.1) is 25.2 Å². The maximum absolute atomic E-state index is 12.8. The number of phosphoric acid groups is 1. The summed E-state index contributed by atoms with van der Waals surface area (Å²) in [4.78, 5) is 0. The van der Waals surface area contributed by atoms with E-state index >= 15 is 0 Å². The highest BCUT2D eigenvalue weighted by Crippen LogP contribution is 2.71. The molecule has 2 aromatic rings. The predicted molar refractivity (Wildman–Crippen MR) is 136 cm³/mol. The van der Waals surface area contributed by atoms with Gasteiger partial charge >= 0.3 is 7.82 Å². The summed E-state index contributed by atoms with van der Waals surface area (Å²) < 4.78 is 34.4. The number of hydrogen-bond acceptors (Lipinski definition) is 6. The molecule has 2 fully saturated rings. The number of para-hydroxylation sites is 1. The van der Waals surface area contributed by atoms with Crippen LogP contribution in [0.15, 0.2) is 54.6 Å². The lowest BCUT2D eigenvalue weighted by atomic mass is 9.91. The second-order valence-corrected chi connectivity index (χ2v) is 17.2. The third-order valence-electron chi connectivity index (χ3n) is 6.16. The zero-order valence-corrected chi connectivity index (χ0v) is 23.6. The SMILES string of the molecule is CC1(C)[C@@H]([C@H](C#N)c2cccc(Oc3ccccc3)c2)[C@@H]1[C@@H](OP1(=O)OCCO1)C(Br)(Br)Br. The van der Waals surface area contributed by atoms with Crippen LogP contribution in [0, 0.1) is 28.6 Å². The van der Waals surface area contributed by atoms with Crippen LogP contribution in [0.3, 0.4) is 0 Å². The van der Waals surface area contributed by atoms with Gasteiger partial charge in [-0.1, -0.05) is 92.0 Å². The van der Waals surface area contributed by atoms with Crippen molar-refractivity contribution in [1.82, 2.24) is 0 Å². The Morgan fingerprint density at radius 2 is 1.70 bits per heavy atom. The van der Waals surface area contributed by atoms with E-state index in [1.54, 1.807) is 0 Å². The van der Waals surface area contributed by atoms with E-state index < -0.39 is 22.0 Å². The molecule has 10 heteroatoms. The van der Waals surface area contributed by atoms with Crippen molar-refractivity contribution >= 4 is 55.6 Å². The van der Waals surface area contributed by atoms with Crippen LogP contribution in [0.25, 0.3) is 0 Å². The maximum Gasteiger partial charge on any atom is 0.475 e. The Balaban J connectivity index is 1.60. The monoisotopic (exact) mass is 661 g/mol.